The van der Waals surface area contributed by atoms with Crippen LogP contribution in [0.2, 0.25) is 0 Å². The topological polar surface area (TPSA) is 21.8 Å². The Morgan fingerprint density at radius 1 is 1.19 bits per heavy atom. The fourth-order valence-corrected chi connectivity index (χ4v) is 4.29. The second-order valence-corrected chi connectivity index (χ2v) is 8.01. The lowest BCUT2D eigenvalue weighted by atomic mass is 9.85. The third kappa shape index (κ3) is 2.52. The minimum absolute atomic E-state index is 0.333. The first-order chi connectivity index (χ1) is 7.75. The molecule has 0 bridgehead atoms. The van der Waals surface area contributed by atoms with Gasteiger partial charge in [-0.05, 0) is 57.3 Å². The van der Waals surface area contributed by atoms with Gasteiger partial charge in [-0.3, -0.25) is 0 Å². The van der Waals surface area contributed by atoms with Crippen molar-refractivity contribution in [3.8, 4) is 0 Å². The van der Waals surface area contributed by atoms with Crippen molar-refractivity contribution in [2.24, 2.45) is 5.92 Å². The molecule has 3 fully saturated rings. The summed E-state index contributed by atoms with van der Waals surface area (Å²) in [6.07, 6.45) is 12.1. The van der Waals surface area contributed by atoms with Gasteiger partial charge >= 0.3 is 0 Å². The van der Waals surface area contributed by atoms with Crippen LogP contribution < -0.4 is 0 Å². The van der Waals surface area contributed by atoms with Crippen molar-refractivity contribution in [3.63, 3.8) is 0 Å². The minimum Gasteiger partial charge on any atom is -0.380 e. The third-order valence-corrected chi connectivity index (χ3v) is 6.03. The molecule has 1 aliphatic carbocycles. The van der Waals surface area contributed by atoms with E-state index in [1.54, 1.807) is 0 Å². The summed E-state index contributed by atoms with van der Waals surface area (Å²) in [6.45, 7) is 1.02. The van der Waals surface area contributed by atoms with E-state index < -0.39 is 0 Å². The maximum Gasteiger partial charge on any atom is 0.0844 e. The Kier molecular flexibility index (Phi) is 3.11. The first kappa shape index (κ1) is 11.2. The van der Waals surface area contributed by atoms with Crippen LogP contribution in [-0.4, -0.2) is 34.3 Å². The van der Waals surface area contributed by atoms with Crippen molar-refractivity contribution in [2.45, 2.75) is 68.8 Å². The highest BCUT2D eigenvalue weighted by Gasteiger charge is 2.44. The van der Waals surface area contributed by atoms with Crippen LogP contribution in [0.5, 0.6) is 0 Å². The van der Waals surface area contributed by atoms with Gasteiger partial charge in [0, 0.05) is 22.1 Å². The van der Waals surface area contributed by atoms with E-state index in [9.17, 15) is 0 Å². The number of hydrogen-bond acceptors (Lipinski definition) is 2. The SMILES string of the molecule is [SiH3]C1(CCC2CCC3OC3C2)CCCCO1. The second-order valence-electron chi connectivity index (χ2n) is 6.19. The summed E-state index contributed by atoms with van der Waals surface area (Å²) in [7, 11) is 1.21. The standard InChI is InChI=1S/C13H24O2Si/c16-13(6-1-2-8-14-13)7-5-10-3-4-11-12(9-10)15-11/h10-12H,1-9H2,16H3. The van der Waals surface area contributed by atoms with Gasteiger partial charge < -0.3 is 9.47 Å². The van der Waals surface area contributed by atoms with Crippen LogP contribution in [0.25, 0.3) is 0 Å². The summed E-state index contributed by atoms with van der Waals surface area (Å²) in [5.41, 5.74) is 0. The molecule has 4 unspecified atom stereocenters. The van der Waals surface area contributed by atoms with Crippen molar-refractivity contribution < 1.29 is 9.47 Å². The molecule has 3 heteroatoms. The van der Waals surface area contributed by atoms with Crippen molar-refractivity contribution in [3.05, 3.63) is 0 Å². The molecule has 3 aliphatic rings. The summed E-state index contributed by atoms with van der Waals surface area (Å²) in [5, 5.41) is 0.333. The second kappa shape index (κ2) is 4.43. The smallest absolute Gasteiger partial charge is 0.0844 e. The maximum absolute atomic E-state index is 6.02. The van der Waals surface area contributed by atoms with E-state index in [1.165, 1.54) is 61.6 Å². The van der Waals surface area contributed by atoms with Crippen molar-refractivity contribution >= 4 is 10.2 Å². The lowest BCUT2D eigenvalue weighted by molar-refractivity contribution is -0.0266. The lowest BCUT2D eigenvalue weighted by Gasteiger charge is -2.35. The molecule has 0 aromatic rings. The highest BCUT2D eigenvalue weighted by molar-refractivity contribution is 6.14. The van der Waals surface area contributed by atoms with E-state index in [0.29, 0.717) is 17.4 Å². The van der Waals surface area contributed by atoms with Gasteiger partial charge in [0.15, 0.2) is 0 Å². The Bertz CT molecular complexity index is 250. The zero-order chi connectivity index (χ0) is 11.0. The molecule has 0 aromatic carbocycles. The number of rotatable bonds is 3. The van der Waals surface area contributed by atoms with E-state index in [-0.39, 0.29) is 0 Å². The molecule has 1 saturated carbocycles. The molecule has 0 radical (unpaired) electrons. The monoisotopic (exact) mass is 240 g/mol. The van der Waals surface area contributed by atoms with E-state index >= 15 is 0 Å². The molecular weight excluding hydrogens is 216 g/mol. The summed E-state index contributed by atoms with van der Waals surface area (Å²) >= 11 is 0. The largest absolute Gasteiger partial charge is 0.380 e. The minimum atomic E-state index is 0.333. The van der Waals surface area contributed by atoms with E-state index in [0.717, 1.165) is 12.5 Å². The molecule has 0 N–H and O–H groups in total. The molecule has 0 amide bonds. The van der Waals surface area contributed by atoms with Gasteiger partial charge in [-0.1, -0.05) is 0 Å². The first-order valence-electron chi connectivity index (χ1n) is 7.05. The highest BCUT2D eigenvalue weighted by atomic mass is 28.1. The van der Waals surface area contributed by atoms with Gasteiger partial charge in [0.2, 0.25) is 0 Å². The Hall–Kier alpha value is 0.137. The van der Waals surface area contributed by atoms with Crippen molar-refractivity contribution in [1.82, 2.24) is 0 Å². The Balaban J connectivity index is 1.44. The van der Waals surface area contributed by atoms with Crippen LogP contribution in [0.1, 0.15) is 51.4 Å². The summed E-state index contributed by atoms with van der Waals surface area (Å²) in [6, 6.07) is 0. The van der Waals surface area contributed by atoms with E-state index in [4.69, 9.17) is 9.47 Å². The average molecular weight is 240 g/mol. The molecular formula is C13H24O2Si. The lowest BCUT2D eigenvalue weighted by Crippen LogP contribution is -2.37. The number of ether oxygens (including phenoxy) is 2. The quantitative estimate of drug-likeness (QED) is 0.552. The zero-order valence-electron chi connectivity index (χ0n) is 10.4. The van der Waals surface area contributed by atoms with Crippen LogP contribution in [-0.2, 0) is 9.47 Å². The van der Waals surface area contributed by atoms with Gasteiger partial charge in [0.25, 0.3) is 0 Å². The number of epoxide rings is 1. The molecule has 2 nitrogen and oxygen atoms in total. The predicted octanol–water partition coefficient (Wildman–Crippen LogP) is 1.60. The summed E-state index contributed by atoms with van der Waals surface area (Å²) < 4.78 is 11.6. The maximum atomic E-state index is 6.02. The van der Waals surface area contributed by atoms with Gasteiger partial charge in [-0.2, -0.15) is 0 Å². The van der Waals surface area contributed by atoms with Crippen LogP contribution >= 0.6 is 0 Å². The number of hydrogen-bond donors (Lipinski definition) is 0. The van der Waals surface area contributed by atoms with E-state index in [2.05, 4.69) is 0 Å². The molecule has 0 aromatic heterocycles. The van der Waals surface area contributed by atoms with Crippen molar-refractivity contribution in [2.75, 3.05) is 6.61 Å². The Morgan fingerprint density at radius 2 is 2.12 bits per heavy atom. The summed E-state index contributed by atoms with van der Waals surface area (Å²) in [5.74, 6) is 0.931. The first-order valence-corrected chi connectivity index (χ1v) is 8.05. The molecule has 2 saturated heterocycles. The molecule has 4 atom stereocenters. The van der Waals surface area contributed by atoms with Gasteiger partial charge in [0.05, 0.1) is 12.2 Å². The van der Waals surface area contributed by atoms with Crippen LogP contribution in [0, 0.1) is 5.92 Å². The molecule has 2 heterocycles. The van der Waals surface area contributed by atoms with Crippen LogP contribution in [0.3, 0.4) is 0 Å². The van der Waals surface area contributed by atoms with Gasteiger partial charge in [-0.25, -0.2) is 0 Å². The van der Waals surface area contributed by atoms with Crippen LogP contribution in [0.4, 0.5) is 0 Å². The summed E-state index contributed by atoms with van der Waals surface area (Å²) in [4.78, 5) is 0. The predicted molar refractivity (Wildman–Crippen MR) is 67.7 cm³/mol. The van der Waals surface area contributed by atoms with Crippen molar-refractivity contribution in [1.29, 1.82) is 0 Å². The van der Waals surface area contributed by atoms with Gasteiger partial charge in [-0.15, -0.1) is 0 Å². The molecule has 92 valence electrons. The zero-order valence-corrected chi connectivity index (χ0v) is 12.4. The highest BCUT2D eigenvalue weighted by Crippen LogP contribution is 2.42. The third-order valence-electron chi connectivity index (χ3n) is 4.74. The molecule has 0 spiro atoms. The molecule has 2 aliphatic heterocycles. The average Bonchev–Trinajstić information content (AvgIpc) is 3.06. The van der Waals surface area contributed by atoms with E-state index in [1.807, 2.05) is 0 Å². The fraction of sp³-hybridized carbons (Fsp3) is 1.00. The fourth-order valence-electron chi connectivity index (χ4n) is 3.45. The Labute approximate surface area is 101 Å². The van der Waals surface area contributed by atoms with Crippen LogP contribution in [0.15, 0.2) is 0 Å². The Morgan fingerprint density at radius 3 is 2.88 bits per heavy atom. The number of fused-ring (bicyclic) bond motifs is 1. The van der Waals surface area contributed by atoms with Gasteiger partial charge in [0.1, 0.15) is 0 Å². The normalized spacial score (nSPS) is 47.6. The molecule has 3 rings (SSSR count). The molecule has 16 heavy (non-hydrogen) atoms.